The lowest BCUT2D eigenvalue weighted by atomic mass is 9.95. The molecule has 7 heteroatoms. The summed E-state index contributed by atoms with van der Waals surface area (Å²) < 4.78 is 36.2. The zero-order valence-electron chi connectivity index (χ0n) is 25.9. The van der Waals surface area contributed by atoms with Gasteiger partial charge in [0.2, 0.25) is 0 Å². The van der Waals surface area contributed by atoms with Crippen LogP contribution in [-0.4, -0.2) is 39.4 Å². The third-order valence-electron chi connectivity index (χ3n) is 7.16. The average Bonchev–Trinajstić information content (AvgIpc) is 3.04. The van der Waals surface area contributed by atoms with Crippen LogP contribution in [0.1, 0.15) is 25.3 Å². The van der Waals surface area contributed by atoms with Gasteiger partial charge in [0.1, 0.15) is 17.3 Å². The summed E-state index contributed by atoms with van der Waals surface area (Å²) in [6.07, 6.45) is 3.37. The van der Waals surface area contributed by atoms with Gasteiger partial charge in [0.25, 0.3) is 0 Å². The maximum absolute atomic E-state index is 15.4. The van der Waals surface area contributed by atoms with Crippen LogP contribution >= 0.6 is 0 Å². The van der Waals surface area contributed by atoms with E-state index in [9.17, 15) is 9.59 Å². The van der Waals surface area contributed by atoms with Crippen LogP contribution in [0.3, 0.4) is 0 Å². The summed E-state index contributed by atoms with van der Waals surface area (Å²) >= 11 is 0. The highest BCUT2D eigenvalue weighted by Gasteiger charge is 2.18. The van der Waals surface area contributed by atoms with Gasteiger partial charge in [0, 0.05) is 31.4 Å². The van der Waals surface area contributed by atoms with Crippen molar-refractivity contribution in [1.29, 1.82) is 0 Å². The highest BCUT2D eigenvalue weighted by atomic mass is 19.1. The predicted molar refractivity (Wildman–Crippen MR) is 175 cm³/mol. The Morgan fingerprint density at radius 2 is 1.22 bits per heavy atom. The summed E-state index contributed by atoms with van der Waals surface area (Å²) in [6, 6.07) is 25.6. The fourth-order valence-corrected chi connectivity index (χ4v) is 4.71. The molecule has 0 saturated carbocycles. The van der Waals surface area contributed by atoms with Gasteiger partial charge >= 0.3 is 11.9 Å². The van der Waals surface area contributed by atoms with Gasteiger partial charge in [-0.3, -0.25) is 0 Å². The topological polar surface area (TPSA) is 71.1 Å². The Balaban J connectivity index is 1.66. The van der Waals surface area contributed by atoms with Crippen molar-refractivity contribution in [1.82, 2.24) is 0 Å². The first kappa shape index (κ1) is 33.1. The highest BCUT2D eigenvalue weighted by Crippen LogP contribution is 2.37. The van der Waals surface area contributed by atoms with E-state index in [0.29, 0.717) is 11.1 Å². The lowest BCUT2D eigenvalue weighted by Gasteiger charge is -2.15. The van der Waals surface area contributed by atoms with Crippen molar-refractivity contribution in [3.8, 4) is 44.9 Å². The smallest absolute Gasteiger partial charge is 0.341 e. The normalized spacial score (nSPS) is 10.8. The molecule has 0 aromatic heterocycles. The van der Waals surface area contributed by atoms with Crippen molar-refractivity contribution < 1.29 is 32.9 Å². The number of carbonyl (C=O) groups excluding carboxylic acids is 2. The molecule has 6 nitrogen and oxygen atoms in total. The number of hydrogen-bond acceptors (Lipinski definition) is 6. The van der Waals surface area contributed by atoms with E-state index in [2.05, 4.69) is 44.3 Å². The maximum atomic E-state index is 15.4. The molecule has 0 radical (unpaired) electrons. The van der Waals surface area contributed by atoms with Gasteiger partial charge in [-0.25, -0.2) is 14.0 Å². The molecule has 0 fully saturated rings. The molecule has 0 aliphatic heterocycles. The van der Waals surface area contributed by atoms with Crippen LogP contribution in [0, 0.1) is 5.82 Å². The second-order valence-electron chi connectivity index (χ2n) is 10.6. The number of aryl methyl sites for hydroxylation is 1. The molecule has 0 atom stereocenters. The van der Waals surface area contributed by atoms with Crippen LogP contribution in [0.25, 0.3) is 33.4 Å². The molecule has 4 aromatic rings. The number of benzene rings is 4. The van der Waals surface area contributed by atoms with Crippen molar-refractivity contribution >= 4 is 11.9 Å². The molecule has 0 amide bonds. The molecule has 0 spiro atoms. The summed E-state index contributed by atoms with van der Waals surface area (Å²) in [5, 5.41) is 0. The summed E-state index contributed by atoms with van der Waals surface area (Å²) in [5.74, 6) is -1.60. The Bertz CT molecular complexity index is 1670. The Kier molecular flexibility index (Phi) is 11.6. The van der Waals surface area contributed by atoms with E-state index in [-0.39, 0.29) is 41.4 Å². The van der Waals surface area contributed by atoms with E-state index < -0.39 is 17.8 Å². The summed E-state index contributed by atoms with van der Waals surface area (Å²) in [5.41, 5.74) is 5.86. The molecule has 0 aliphatic rings. The van der Waals surface area contributed by atoms with Gasteiger partial charge in [-0.05, 0) is 64.9 Å². The molecule has 45 heavy (non-hydrogen) atoms. The van der Waals surface area contributed by atoms with E-state index in [1.807, 2.05) is 24.3 Å². The van der Waals surface area contributed by atoms with Crippen LogP contribution in [0.15, 0.2) is 109 Å². The Hall–Kier alpha value is -4.85. The summed E-state index contributed by atoms with van der Waals surface area (Å²) in [4.78, 5) is 24.9. The number of hydrogen-bond donors (Lipinski definition) is 0. The molecule has 0 saturated heterocycles. The first-order chi connectivity index (χ1) is 21.7. The molecule has 0 bridgehead atoms. The third kappa shape index (κ3) is 8.62. The number of rotatable bonds is 14. The number of carbonyl (C=O) groups is 2. The minimum Gasteiger partial charge on any atom is -0.423 e. The molecular weight excluding hydrogens is 571 g/mol. The van der Waals surface area contributed by atoms with E-state index in [1.54, 1.807) is 18.2 Å². The van der Waals surface area contributed by atoms with Gasteiger partial charge in [0.05, 0.1) is 24.4 Å². The average molecular weight is 609 g/mol. The lowest BCUT2D eigenvalue weighted by Crippen LogP contribution is -2.14. The second kappa shape index (κ2) is 15.7. The number of unbranched alkanes of at least 4 members (excludes halogenated alkanes) is 1. The Labute approximate surface area is 263 Å². The van der Waals surface area contributed by atoms with Crippen molar-refractivity contribution in [3.05, 3.63) is 121 Å². The van der Waals surface area contributed by atoms with E-state index >= 15 is 4.39 Å². The van der Waals surface area contributed by atoms with Crippen molar-refractivity contribution in [2.75, 3.05) is 27.4 Å². The molecule has 4 rings (SSSR count). The molecular formula is C38H37FO6. The molecule has 4 aromatic carbocycles. The zero-order chi connectivity index (χ0) is 32.3. The molecule has 0 aliphatic carbocycles. The molecule has 0 heterocycles. The zero-order valence-corrected chi connectivity index (χ0v) is 25.9. The van der Waals surface area contributed by atoms with E-state index in [4.69, 9.17) is 18.9 Å². The summed E-state index contributed by atoms with van der Waals surface area (Å²) in [6.45, 7) is 9.56. The van der Waals surface area contributed by atoms with Crippen molar-refractivity contribution in [3.63, 3.8) is 0 Å². The largest absolute Gasteiger partial charge is 0.423 e. The van der Waals surface area contributed by atoms with Crippen LogP contribution in [-0.2, 0) is 25.5 Å². The SMILES string of the molecule is C=C(COC)C(=O)Oc1ccc(-c2ccc(OC(=O)C(=C)COC)c(-c3ccc(-c4ccc(CCCC)cc4)cc3)c2)c(F)c1. The summed E-state index contributed by atoms with van der Waals surface area (Å²) in [7, 11) is 2.90. The molecule has 0 unspecified atom stereocenters. The monoisotopic (exact) mass is 608 g/mol. The highest BCUT2D eigenvalue weighted by molar-refractivity contribution is 5.92. The van der Waals surface area contributed by atoms with Crippen LogP contribution < -0.4 is 9.47 Å². The van der Waals surface area contributed by atoms with Crippen molar-refractivity contribution in [2.45, 2.75) is 26.2 Å². The van der Waals surface area contributed by atoms with Gasteiger partial charge < -0.3 is 18.9 Å². The van der Waals surface area contributed by atoms with Gasteiger partial charge in [-0.15, -0.1) is 0 Å². The van der Waals surface area contributed by atoms with E-state index in [1.165, 1.54) is 31.9 Å². The first-order valence-electron chi connectivity index (χ1n) is 14.7. The van der Waals surface area contributed by atoms with E-state index in [0.717, 1.165) is 42.0 Å². The fraction of sp³-hybridized carbons (Fsp3) is 0.211. The number of halogens is 1. The number of methoxy groups -OCH3 is 2. The minimum atomic E-state index is -0.705. The van der Waals surface area contributed by atoms with Gasteiger partial charge in [-0.1, -0.05) is 81.1 Å². The van der Waals surface area contributed by atoms with Crippen LogP contribution in [0.4, 0.5) is 4.39 Å². The predicted octanol–water partition coefficient (Wildman–Crippen LogP) is 8.39. The molecule has 0 N–H and O–H groups in total. The number of ether oxygens (including phenoxy) is 4. The third-order valence-corrected chi connectivity index (χ3v) is 7.16. The van der Waals surface area contributed by atoms with Crippen LogP contribution in [0.5, 0.6) is 11.5 Å². The standard InChI is InChI=1S/C38H37FO6/c1-6-7-8-27-9-11-28(12-10-27)29-13-15-30(16-14-29)34-21-31(17-20-36(34)45-38(41)26(3)24-43-5)33-19-18-32(22-35(33)39)44-37(40)25(2)23-42-4/h9-22H,2-3,6-8,23-24H2,1,4-5H3. The molecule has 232 valence electrons. The van der Waals surface area contributed by atoms with Gasteiger partial charge in [0.15, 0.2) is 0 Å². The second-order valence-corrected chi connectivity index (χ2v) is 10.6. The maximum Gasteiger partial charge on any atom is 0.341 e. The first-order valence-corrected chi connectivity index (χ1v) is 14.7. The lowest BCUT2D eigenvalue weighted by molar-refractivity contribution is -0.131. The fourth-order valence-electron chi connectivity index (χ4n) is 4.71. The Morgan fingerprint density at radius 3 is 1.80 bits per heavy atom. The Morgan fingerprint density at radius 1 is 0.667 bits per heavy atom. The van der Waals surface area contributed by atoms with Crippen LogP contribution in [0.2, 0.25) is 0 Å². The van der Waals surface area contributed by atoms with Crippen molar-refractivity contribution in [2.24, 2.45) is 0 Å². The van der Waals surface area contributed by atoms with Gasteiger partial charge in [-0.2, -0.15) is 0 Å². The number of esters is 2. The quantitative estimate of drug-likeness (QED) is 0.0814. The minimum absolute atomic E-state index is 0.00419.